The molecule has 4 nitrogen and oxygen atoms in total. The lowest BCUT2D eigenvalue weighted by Gasteiger charge is -2.27. The monoisotopic (exact) mass is 272 g/mol. The van der Waals surface area contributed by atoms with Crippen molar-refractivity contribution in [1.82, 2.24) is 10.0 Å². The van der Waals surface area contributed by atoms with E-state index in [0.29, 0.717) is 6.42 Å². The maximum atomic E-state index is 12.1. The second-order valence-corrected chi connectivity index (χ2v) is 5.58. The number of carbonyl (C=O) groups is 2. The van der Waals surface area contributed by atoms with Gasteiger partial charge in [0.25, 0.3) is 0 Å². The summed E-state index contributed by atoms with van der Waals surface area (Å²) in [7, 11) is 0. The molecule has 0 aliphatic carbocycles. The molecule has 106 valence electrons. The Balaban J connectivity index is 2.00. The Morgan fingerprint density at radius 3 is 2.70 bits per heavy atom. The van der Waals surface area contributed by atoms with Crippen molar-refractivity contribution in [3.05, 3.63) is 35.9 Å². The third kappa shape index (κ3) is 1.95. The molecular formula is C16H20N2O2. The van der Waals surface area contributed by atoms with Gasteiger partial charge >= 0.3 is 0 Å². The van der Waals surface area contributed by atoms with Gasteiger partial charge < -0.3 is 4.79 Å². The van der Waals surface area contributed by atoms with E-state index in [4.69, 9.17) is 0 Å². The Morgan fingerprint density at radius 2 is 2.05 bits per heavy atom. The van der Waals surface area contributed by atoms with Crippen LogP contribution in [0.1, 0.15) is 37.8 Å². The zero-order chi connectivity index (χ0) is 14.1. The number of fused-ring (bicyclic) bond motifs is 1. The summed E-state index contributed by atoms with van der Waals surface area (Å²) in [5.41, 5.74) is 1.13. The molecule has 0 unspecified atom stereocenters. The molecule has 4 heteroatoms. The second kappa shape index (κ2) is 5.37. The molecule has 3 atom stereocenters. The van der Waals surface area contributed by atoms with Crippen LogP contribution in [-0.4, -0.2) is 34.8 Å². The van der Waals surface area contributed by atoms with Crippen LogP contribution in [0.15, 0.2) is 30.3 Å². The lowest BCUT2D eigenvalue weighted by atomic mass is 9.87. The minimum Gasteiger partial charge on any atom is -0.303 e. The predicted molar refractivity (Wildman–Crippen MR) is 75.6 cm³/mol. The van der Waals surface area contributed by atoms with Crippen LogP contribution in [0.25, 0.3) is 0 Å². The zero-order valence-corrected chi connectivity index (χ0v) is 11.7. The summed E-state index contributed by atoms with van der Waals surface area (Å²) in [6.45, 7) is 2.82. The van der Waals surface area contributed by atoms with Crippen molar-refractivity contribution in [2.75, 3.05) is 6.54 Å². The van der Waals surface area contributed by atoms with Gasteiger partial charge in [-0.2, -0.15) is 0 Å². The molecule has 1 amide bonds. The van der Waals surface area contributed by atoms with E-state index >= 15 is 0 Å². The van der Waals surface area contributed by atoms with Crippen molar-refractivity contribution in [3.8, 4) is 0 Å². The number of carbonyl (C=O) groups excluding carboxylic acids is 2. The first-order valence-corrected chi connectivity index (χ1v) is 7.36. The van der Waals surface area contributed by atoms with Crippen molar-refractivity contribution < 1.29 is 9.59 Å². The molecule has 0 N–H and O–H groups in total. The van der Waals surface area contributed by atoms with Gasteiger partial charge in [-0.1, -0.05) is 43.7 Å². The Bertz CT molecular complexity index is 502. The van der Waals surface area contributed by atoms with Crippen LogP contribution in [0, 0.1) is 5.92 Å². The van der Waals surface area contributed by atoms with E-state index in [0.717, 1.165) is 31.2 Å². The minimum atomic E-state index is -0.124. The van der Waals surface area contributed by atoms with Gasteiger partial charge in [-0.25, -0.2) is 5.01 Å². The van der Waals surface area contributed by atoms with Crippen LogP contribution >= 0.6 is 0 Å². The highest BCUT2D eigenvalue weighted by Gasteiger charge is 2.52. The van der Waals surface area contributed by atoms with E-state index in [2.05, 4.69) is 24.1 Å². The molecule has 2 aliphatic rings. The summed E-state index contributed by atoms with van der Waals surface area (Å²) < 4.78 is 0. The first-order chi connectivity index (χ1) is 9.77. The molecule has 0 aromatic heterocycles. The fourth-order valence-corrected chi connectivity index (χ4v) is 3.62. The first kappa shape index (κ1) is 13.3. The number of aldehydes is 1. The molecule has 2 heterocycles. The van der Waals surface area contributed by atoms with Gasteiger partial charge in [-0.05, 0) is 12.0 Å². The van der Waals surface area contributed by atoms with E-state index < -0.39 is 0 Å². The summed E-state index contributed by atoms with van der Waals surface area (Å²) in [5.74, 6) is 0.0373. The number of amides is 1. The number of hydrogen-bond donors (Lipinski definition) is 0. The molecule has 0 saturated carbocycles. The van der Waals surface area contributed by atoms with Gasteiger partial charge in [0, 0.05) is 13.0 Å². The molecule has 3 rings (SSSR count). The first-order valence-electron chi connectivity index (χ1n) is 7.36. The Kier molecular flexibility index (Phi) is 3.57. The minimum absolute atomic E-state index is 0.0108. The maximum Gasteiger partial charge on any atom is 0.238 e. The molecule has 20 heavy (non-hydrogen) atoms. The fraction of sp³-hybridized carbons (Fsp3) is 0.500. The van der Waals surface area contributed by atoms with Crippen LogP contribution < -0.4 is 0 Å². The molecule has 1 aromatic rings. The summed E-state index contributed by atoms with van der Waals surface area (Å²) >= 11 is 0. The molecule has 0 spiro atoms. The van der Waals surface area contributed by atoms with Crippen molar-refractivity contribution in [3.63, 3.8) is 0 Å². The number of hydrogen-bond acceptors (Lipinski definition) is 3. The number of nitrogens with zero attached hydrogens (tertiary/aromatic N) is 2. The predicted octanol–water partition coefficient (Wildman–Crippen LogP) is 2.17. The van der Waals surface area contributed by atoms with Gasteiger partial charge in [0.05, 0.1) is 18.0 Å². The van der Waals surface area contributed by atoms with Crippen LogP contribution in [0.5, 0.6) is 0 Å². The molecule has 2 aliphatic heterocycles. The van der Waals surface area contributed by atoms with Crippen molar-refractivity contribution in [1.29, 1.82) is 0 Å². The Labute approximate surface area is 119 Å². The molecule has 1 aromatic carbocycles. The number of rotatable bonds is 4. The maximum absolute atomic E-state index is 12.1. The topological polar surface area (TPSA) is 40.6 Å². The molecule has 0 bridgehead atoms. The Hall–Kier alpha value is -1.68. The molecular weight excluding hydrogens is 252 g/mol. The van der Waals surface area contributed by atoms with Crippen molar-refractivity contribution in [2.24, 2.45) is 5.92 Å². The number of hydrazine groups is 1. The molecule has 2 fully saturated rings. The average Bonchev–Trinajstić information content (AvgIpc) is 2.99. The standard InChI is InChI=1S/C16H20N2O2/c1-2-6-14-13(11-19)16(12-7-4-3-5-8-12)17-10-9-15(20)18(14)17/h3-5,7-8,11,13-14,16H,2,6,9-10H2,1H3/t13-,14-,16-/m1/s1. The van der Waals surface area contributed by atoms with Gasteiger partial charge in [0.15, 0.2) is 0 Å². The quantitative estimate of drug-likeness (QED) is 0.789. The van der Waals surface area contributed by atoms with E-state index in [1.54, 1.807) is 0 Å². The summed E-state index contributed by atoms with van der Waals surface area (Å²) in [4.78, 5) is 23.8. The SMILES string of the molecule is CCC[C@@H]1[C@@H](C=O)[C@@H](c2ccccc2)N2CCC(=O)N12. The largest absolute Gasteiger partial charge is 0.303 e. The van der Waals surface area contributed by atoms with E-state index in [1.807, 2.05) is 23.2 Å². The van der Waals surface area contributed by atoms with Gasteiger partial charge in [-0.3, -0.25) is 9.80 Å². The van der Waals surface area contributed by atoms with Gasteiger partial charge in [0.1, 0.15) is 6.29 Å². The Morgan fingerprint density at radius 1 is 1.30 bits per heavy atom. The third-order valence-electron chi connectivity index (χ3n) is 4.41. The van der Waals surface area contributed by atoms with Crippen LogP contribution in [-0.2, 0) is 9.59 Å². The van der Waals surface area contributed by atoms with Crippen LogP contribution in [0.3, 0.4) is 0 Å². The van der Waals surface area contributed by atoms with Crippen LogP contribution in [0.4, 0.5) is 0 Å². The lowest BCUT2D eigenvalue weighted by molar-refractivity contribution is -0.138. The van der Waals surface area contributed by atoms with E-state index in [-0.39, 0.29) is 23.9 Å². The average molecular weight is 272 g/mol. The van der Waals surface area contributed by atoms with E-state index in [1.165, 1.54) is 0 Å². The highest BCUT2D eigenvalue weighted by Crippen LogP contribution is 2.44. The van der Waals surface area contributed by atoms with Crippen LogP contribution in [0.2, 0.25) is 0 Å². The third-order valence-corrected chi connectivity index (χ3v) is 4.41. The van der Waals surface area contributed by atoms with Crippen molar-refractivity contribution >= 4 is 12.2 Å². The normalized spacial score (nSPS) is 29.8. The highest BCUT2D eigenvalue weighted by molar-refractivity contribution is 5.79. The number of benzene rings is 1. The summed E-state index contributed by atoms with van der Waals surface area (Å²) in [5, 5.41) is 3.97. The lowest BCUT2D eigenvalue weighted by Crippen LogP contribution is -2.39. The molecule has 0 radical (unpaired) electrons. The smallest absolute Gasteiger partial charge is 0.238 e. The van der Waals surface area contributed by atoms with Gasteiger partial charge in [-0.15, -0.1) is 0 Å². The summed E-state index contributed by atoms with van der Waals surface area (Å²) in [6.07, 6.45) is 3.47. The van der Waals surface area contributed by atoms with E-state index in [9.17, 15) is 9.59 Å². The molecule has 2 saturated heterocycles. The zero-order valence-electron chi connectivity index (χ0n) is 11.7. The highest BCUT2D eigenvalue weighted by atomic mass is 16.2. The summed E-state index contributed by atoms with van der Waals surface area (Å²) in [6, 6.07) is 10.1. The second-order valence-electron chi connectivity index (χ2n) is 5.58. The fourth-order valence-electron chi connectivity index (χ4n) is 3.62. The van der Waals surface area contributed by atoms with Gasteiger partial charge in [0.2, 0.25) is 5.91 Å². The van der Waals surface area contributed by atoms with Crippen molar-refractivity contribution in [2.45, 2.75) is 38.3 Å².